The second kappa shape index (κ2) is 4.91. The molecule has 0 aliphatic rings. The molecule has 0 unspecified atom stereocenters. The first-order valence-corrected chi connectivity index (χ1v) is 6.12. The number of carbonyl (C=O) groups is 1. The molecule has 0 N–H and O–H groups in total. The van der Waals surface area contributed by atoms with E-state index in [2.05, 4.69) is 20.8 Å². The van der Waals surface area contributed by atoms with Crippen molar-refractivity contribution in [3.8, 4) is 0 Å². The van der Waals surface area contributed by atoms with Gasteiger partial charge in [0.05, 0.1) is 0 Å². The summed E-state index contributed by atoms with van der Waals surface area (Å²) in [5, 5.41) is 0. The van der Waals surface area contributed by atoms with Crippen LogP contribution >= 0.6 is 11.8 Å². The largest absolute Gasteiger partial charge is 0.345 e. The topological polar surface area (TPSA) is 20.3 Å². The maximum absolute atomic E-state index is 11.8. The van der Waals surface area contributed by atoms with Crippen LogP contribution in [0.3, 0.4) is 0 Å². The second-order valence-electron chi connectivity index (χ2n) is 4.94. The zero-order valence-corrected chi connectivity index (χ0v) is 11.4. The van der Waals surface area contributed by atoms with Gasteiger partial charge in [-0.15, -0.1) is 11.8 Å². The van der Waals surface area contributed by atoms with Crippen molar-refractivity contribution in [3.63, 3.8) is 0 Å². The van der Waals surface area contributed by atoms with Crippen LogP contribution in [0.25, 0.3) is 0 Å². The van der Waals surface area contributed by atoms with Gasteiger partial charge >= 0.3 is 0 Å². The van der Waals surface area contributed by atoms with E-state index >= 15 is 0 Å². The van der Waals surface area contributed by atoms with Crippen LogP contribution < -0.4 is 0 Å². The fourth-order valence-corrected chi connectivity index (χ4v) is 2.34. The third-order valence-corrected chi connectivity index (χ3v) is 3.01. The Balaban J connectivity index is 2.91. The van der Waals surface area contributed by atoms with Crippen LogP contribution in [0.5, 0.6) is 0 Å². The van der Waals surface area contributed by atoms with Crippen LogP contribution in [0.4, 0.5) is 0 Å². The highest BCUT2D eigenvalue weighted by Crippen LogP contribution is 2.32. The Morgan fingerprint density at radius 3 is 2.38 bits per heavy atom. The normalized spacial score (nSPS) is 11.3. The molecule has 0 heterocycles. The molecule has 0 aliphatic carbocycles. The van der Waals surface area contributed by atoms with Crippen molar-refractivity contribution in [2.24, 2.45) is 0 Å². The van der Waals surface area contributed by atoms with Gasteiger partial charge in [0.15, 0.2) is 0 Å². The summed E-state index contributed by atoms with van der Waals surface area (Å²) in [6.07, 6.45) is 0. The van der Waals surface area contributed by atoms with Gasteiger partial charge in [0, 0.05) is 29.3 Å². The summed E-state index contributed by atoms with van der Waals surface area (Å²) in [6, 6.07) is 7.79. The van der Waals surface area contributed by atoms with Crippen LogP contribution in [0.2, 0.25) is 0 Å². The summed E-state index contributed by atoms with van der Waals surface area (Å²) in [6.45, 7) is 6.49. The molecule has 0 fully saturated rings. The Kier molecular flexibility index (Phi) is 4.03. The van der Waals surface area contributed by atoms with Gasteiger partial charge in [-0.3, -0.25) is 4.79 Å². The van der Waals surface area contributed by atoms with Crippen LogP contribution in [0.15, 0.2) is 29.2 Å². The highest BCUT2D eigenvalue weighted by atomic mass is 32.2. The number of benzene rings is 1. The number of hydrogen-bond donors (Lipinski definition) is 0. The van der Waals surface area contributed by atoms with Crippen LogP contribution in [0, 0.1) is 0 Å². The zero-order chi connectivity index (χ0) is 12.3. The Labute approximate surface area is 102 Å². The lowest BCUT2D eigenvalue weighted by atomic mass is 10.2. The van der Waals surface area contributed by atoms with Crippen LogP contribution in [-0.2, 0) is 0 Å². The summed E-state index contributed by atoms with van der Waals surface area (Å²) in [4.78, 5) is 14.5. The number of rotatable bonds is 2. The fraction of sp³-hybridized carbons (Fsp3) is 0.462. The van der Waals surface area contributed by atoms with Gasteiger partial charge in [0.1, 0.15) is 0 Å². The lowest BCUT2D eigenvalue weighted by Gasteiger charge is -2.18. The third-order valence-electron chi connectivity index (χ3n) is 1.91. The number of carbonyl (C=O) groups excluding carboxylic acids is 1. The Bertz CT molecular complexity index is 380. The zero-order valence-electron chi connectivity index (χ0n) is 10.6. The molecule has 0 saturated heterocycles. The summed E-state index contributed by atoms with van der Waals surface area (Å²) >= 11 is 1.77. The number of nitrogens with zero attached hydrogens (tertiary/aromatic N) is 1. The van der Waals surface area contributed by atoms with Crippen molar-refractivity contribution in [1.29, 1.82) is 0 Å². The minimum absolute atomic E-state index is 0.0522. The average Bonchev–Trinajstić information content (AvgIpc) is 2.14. The third kappa shape index (κ3) is 3.89. The molecule has 0 radical (unpaired) electrons. The van der Waals surface area contributed by atoms with E-state index in [9.17, 15) is 4.79 Å². The van der Waals surface area contributed by atoms with Crippen molar-refractivity contribution in [3.05, 3.63) is 29.8 Å². The molecule has 0 bridgehead atoms. The molecule has 1 aromatic rings. The molecule has 3 heteroatoms. The van der Waals surface area contributed by atoms with E-state index in [4.69, 9.17) is 0 Å². The molecule has 0 atom stereocenters. The Hall–Kier alpha value is -0.960. The smallest absolute Gasteiger partial charge is 0.253 e. The molecule has 0 spiro atoms. The molecule has 1 amide bonds. The second-order valence-corrected chi connectivity index (χ2v) is 6.84. The van der Waals surface area contributed by atoms with E-state index in [0.717, 1.165) is 10.5 Å². The SMILES string of the molecule is CN(C)C(=O)c1cccc(SC(C)(C)C)c1. The Morgan fingerprint density at radius 2 is 1.88 bits per heavy atom. The lowest BCUT2D eigenvalue weighted by molar-refractivity contribution is 0.0827. The van der Waals surface area contributed by atoms with E-state index in [0.29, 0.717) is 0 Å². The Morgan fingerprint density at radius 1 is 1.25 bits per heavy atom. The predicted octanol–water partition coefficient (Wildman–Crippen LogP) is 3.28. The summed E-state index contributed by atoms with van der Waals surface area (Å²) in [5.74, 6) is 0.0522. The molecular weight excluding hydrogens is 218 g/mol. The number of thioether (sulfide) groups is 1. The van der Waals surface area contributed by atoms with E-state index < -0.39 is 0 Å². The van der Waals surface area contributed by atoms with E-state index in [1.807, 2.05) is 24.3 Å². The van der Waals surface area contributed by atoms with Gasteiger partial charge in [-0.05, 0) is 18.2 Å². The van der Waals surface area contributed by atoms with Gasteiger partial charge in [-0.1, -0.05) is 26.8 Å². The van der Waals surface area contributed by atoms with E-state index in [1.54, 1.807) is 30.8 Å². The molecule has 16 heavy (non-hydrogen) atoms. The molecular formula is C13H19NOS. The average molecular weight is 237 g/mol. The van der Waals surface area contributed by atoms with Crippen LogP contribution in [-0.4, -0.2) is 29.6 Å². The van der Waals surface area contributed by atoms with Crippen molar-refractivity contribution in [2.75, 3.05) is 14.1 Å². The fourth-order valence-electron chi connectivity index (χ4n) is 1.30. The van der Waals surface area contributed by atoms with Crippen molar-refractivity contribution < 1.29 is 4.79 Å². The first kappa shape index (κ1) is 13.1. The number of hydrogen-bond acceptors (Lipinski definition) is 2. The first-order valence-electron chi connectivity index (χ1n) is 5.30. The highest BCUT2D eigenvalue weighted by Gasteiger charge is 2.14. The monoisotopic (exact) mass is 237 g/mol. The van der Waals surface area contributed by atoms with Crippen LogP contribution in [0.1, 0.15) is 31.1 Å². The van der Waals surface area contributed by atoms with Gasteiger partial charge in [0.2, 0.25) is 0 Å². The molecule has 0 saturated carbocycles. The molecule has 0 aliphatic heterocycles. The van der Waals surface area contributed by atoms with Gasteiger partial charge in [-0.2, -0.15) is 0 Å². The quantitative estimate of drug-likeness (QED) is 0.736. The first-order chi connectivity index (χ1) is 7.29. The molecule has 1 rings (SSSR count). The van der Waals surface area contributed by atoms with Crippen molar-refractivity contribution in [2.45, 2.75) is 30.4 Å². The number of amides is 1. The lowest BCUT2D eigenvalue weighted by Crippen LogP contribution is -2.21. The van der Waals surface area contributed by atoms with Crippen molar-refractivity contribution in [1.82, 2.24) is 4.90 Å². The molecule has 0 aromatic heterocycles. The van der Waals surface area contributed by atoms with Gasteiger partial charge in [0.25, 0.3) is 5.91 Å². The minimum atomic E-state index is 0.0522. The maximum atomic E-state index is 11.8. The molecule has 88 valence electrons. The molecule has 2 nitrogen and oxygen atoms in total. The maximum Gasteiger partial charge on any atom is 0.253 e. The summed E-state index contributed by atoms with van der Waals surface area (Å²) in [7, 11) is 3.54. The van der Waals surface area contributed by atoms with Gasteiger partial charge < -0.3 is 4.90 Å². The predicted molar refractivity (Wildman–Crippen MR) is 70.1 cm³/mol. The standard InChI is InChI=1S/C13H19NOS/c1-13(2,3)16-11-8-6-7-10(9-11)12(15)14(4)5/h6-9H,1-5H3. The minimum Gasteiger partial charge on any atom is -0.345 e. The van der Waals surface area contributed by atoms with Gasteiger partial charge in [-0.25, -0.2) is 0 Å². The summed E-state index contributed by atoms with van der Waals surface area (Å²) in [5.41, 5.74) is 0.749. The summed E-state index contributed by atoms with van der Waals surface area (Å²) < 4.78 is 0.166. The van der Waals surface area contributed by atoms with E-state index in [-0.39, 0.29) is 10.7 Å². The highest BCUT2D eigenvalue weighted by molar-refractivity contribution is 8.00. The molecule has 1 aromatic carbocycles. The van der Waals surface area contributed by atoms with E-state index in [1.165, 1.54) is 0 Å². The van der Waals surface area contributed by atoms with Crippen molar-refractivity contribution >= 4 is 17.7 Å².